The number of rotatable bonds is 5. The average Bonchev–Trinajstić information content (AvgIpc) is 3.17. The van der Waals surface area contributed by atoms with E-state index in [0.717, 1.165) is 48.5 Å². The molecule has 3 aromatic rings. The first kappa shape index (κ1) is 18.4. The number of aromatic nitrogens is 3. The predicted molar refractivity (Wildman–Crippen MR) is 106 cm³/mol. The van der Waals surface area contributed by atoms with E-state index in [2.05, 4.69) is 15.0 Å². The third-order valence-electron chi connectivity index (χ3n) is 5.15. The van der Waals surface area contributed by atoms with Crippen LogP contribution in [0.3, 0.4) is 0 Å². The molecule has 1 fully saturated rings. The Hall–Kier alpha value is -3.00. The molecule has 0 unspecified atom stereocenters. The lowest BCUT2D eigenvalue weighted by molar-refractivity contribution is 0.145. The first-order valence-corrected chi connectivity index (χ1v) is 9.22. The Kier molecular flexibility index (Phi) is 4.95. The Labute approximate surface area is 163 Å². The van der Waals surface area contributed by atoms with Gasteiger partial charge < -0.3 is 24.2 Å². The Morgan fingerprint density at radius 3 is 2.32 bits per heavy atom. The zero-order valence-electron chi connectivity index (χ0n) is 16.3. The van der Waals surface area contributed by atoms with Gasteiger partial charge in [0.2, 0.25) is 5.75 Å². The van der Waals surface area contributed by atoms with Gasteiger partial charge in [0.05, 0.1) is 33.6 Å². The van der Waals surface area contributed by atoms with Gasteiger partial charge in [-0.1, -0.05) is 0 Å². The Morgan fingerprint density at radius 1 is 1.04 bits per heavy atom. The molecule has 0 aliphatic carbocycles. The summed E-state index contributed by atoms with van der Waals surface area (Å²) in [5.41, 5.74) is 2.50. The maximum Gasteiger partial charge on any atom is 0.203 e. The second kappa shape index (κ2) is 7.55. The molecule has 2 aromatic heterocycles. The molecule has 1 aliphatic rings. The van der Waals surface area contributed by atoms with Crippen LogP contribution in [0.5, 0.6) is 17.2 Å². The molecule has 8 heteroatoms. The number of fused-ring (bicyclic) bond motifs is 1. The molecule has 0 saturated carbocycles. The van der Waals surface area contributed by atoms with Gasteiger partial charge >= 0.3 is 0 Å². The molecule has 0 radical (unpaired) electrons. The minimum absolute atomic E-state index is 0.221. The number of nitrogens with zero attached hydrogens (tertiary/aromatic N) is 4. The molecule has 148 valence electrons. The van der Waals surface area contributed by atoms with E-state index in [4.69, 9.17) is 14.2 Å². The number of ether oxygens (including phenoxy) is 3. The minimum Gasteiger partial charge on any atom is -0.493 e. The van der Waals surface area contributed by atoms with Crippen LogP contribution in [0.2, 0.25) is 0 Å². The number of hydrogen-bond acceptors (Lipinski definition) is 7. The monoisotopic (exact) mass is 384 g/mol. The second-order valence-electron chi connectivity index (χ2n) is 6.73. The maximum atomic E-state index is 9.79. The number of piperidine rings is 1. The van der Waals surface area contributed by atoms with Gasteiger partial charge in [0.1, 0.15) is 5.82 Å². The van der Waals surface area contributed by atoms with E-state index >= 15 is 0 Å². The topological polar surface area (TPSA) is 81.4 Å². The smallest absolute Gasteiger partial charge is 0.203 e. The zero-order valence-corrected chi connectivity index (χ0v) is 16.3. The number of hydrogen-bond donors (Lipinski definition) is 1. The molecule has 8 nitrogen and oxygen atoms in total. The maximum absolute atomic E-state index is 9.79. The molecule has 4 rings (SSSR count). The highest BCUT2D eigenvalue weighted by molar-refractivity contribution is 5.81. The van der Waals surface area contributed by atoms with E-state index in [0.29, 0.717) is 17.2 Å². The molecular formula is C20H24N4O4. The van der Waals surface area contributed by atoms with Crippen molar-refractivity contribution in [3.05, 3.63) is 30.6 Å². The van der Waals surface area contributed by atoms with Crippen LogP contribution in [0.15, 0.2) is 30.6 Å². The second-order valence-corrected chi connectivity index (χ2v) is 6.73. The fourth-order valence-electron chi connectivity index (χ4n) is 3.65. The summed E-state index contributed by atoms with van der Waals surface area (Å²) in [6.45, 7) is 1.58. The molecule has 1 aliphatic heterocycles. The van der Waals surface area contributed by atoms with Crippen molar-refractivity contribution in [2.75, 3.05) is 39.3 Å². The summed E-state index contributed by atoms with van der Waals surface area (Å²) < 4.78 is 18.2. The fourth-order valence-corrected chi connectivity index (χ4v) is 3.65. The largest absolute Gasteiger partial charge is 0.493 e. The minimum atomic E-state index is -0.221. The Morgan fingerprint density at radius 2 is 1.71 bits per heavy atom. The van der Waals surface area contributed by atoms with Crippen molar-refractivity contribution < 1.29 is 19.3 Å². The van der Waals surface area contributed by atoms with E-state index < -0.39 is 0 Å². The molecular weight excluding hydrogens is 360 g/mol. The van der Waals surface area contributed by atoms with Gasteiger partial charge in [0, 0.05) is 24.8 Å². The van der Waals surface area contributed by atoms with Gasteiger partial charge in [-0.15, -0.1) is 0 Å². The van der Waals surface area contributed by atoms with Crippen LogP contribution in [-0.4, -0.2) is 60.2 Å². The van der Waals surface area contributed by atoms with Gasteiger partial charge in [0.25, 0.3) is 0 Å². The summed E-state index contributed by atoms with van der Waals surface area (Å²) in [5.74, 6) is 2.68. The number of aliphatic hydroxyl groups excluding tert-OH is 1. The highest BCUT2D eigenvalue weighted by atomic mass is 16.5. The third kappa shape index (κ3) is 3.09. The summed E-state index contributed by atoms with van der Waals surface area (Å²) in [4.78, 5) is 6.78. The van der Waals surface area contributed by atoms with Gasteiger partial charge in [-0.3, -0.25) is 0 Å². The number of aliphatic hydroxyl groups is 1. The highest BCUT2D eigenvalue weighted by Gasteiger charge is 2.22. The lowest BCUT2D eigenvalue weighted by Crippen LogP contribution is -2.36. The van der Waals surface area contributed by atoms with Crippen molar-refractivity contribution >= 4 is 11.5 Å². The van der Waals surface area contributed by atoms with E-state index in [-0.39, 0.29) is 6.10 Å². The van der Waals surface area contributed by atoms with Crippen molar-refractivity contribution in [3.63, 3.8) is 0 Å². The molecule has 1 N–H and O–H groups in total. The van der Waals surface area contributed by atoms with Gasteiger partial charge in [-0.05, 0) is 36.6 Å². The quantitative estimate of drug-likeness (QED) is 0.723. The number of anilines is 1. The van der Waals surface area contributed by atoms with Crippen LogP contribution >= 0.6 is 0 Å². The van der Waals surface area contributed by atoms with Crippen molar-refractivity contribution in [1.82, 2.24) is 14.6 Å². The van der Waals surface area contributed by atoms with E-state index in [1.54, 1.807) is 33.7 Å². The van der Waals surface area contributed by atoms with Crippen LogP contribution in [0.4, 0.5) is 5.82 Å². The standard InChI is InChI=1S/C20H24N4O4/c1-26-16-10-13(11-17(27-2)19(16)28-3)15-12-22-24-18(4-7-21-20(15)24)23-8-5-14(25)6-9-23/h4,7,10-12,14,25H,5-6,8-9H2,1-3H3. The molecule has 3 heterocycles. The summed E-state index contributed by atoms with van der Waals surface area (Å²) in [5, 5.41) is 14.4. The first-order chi connectivity index (χ1) is 13.7. The van der Waals surface area contributed by atoms with Crippen LogP contribution in [0.1, 0.15) is 12.8 Å². The summed E-state index contributed by atoms with van der Waals surface area (Å²) in [6, 6.07) is 5.74. The SMILES string of the molecule is COc1cc(-c2cnn3c(N4CCC(O)CC4)ccnc23)cc(OC)c1OC. The van der Waals surface area contributed by atoms with Crippen molar-refractivity contribution in [2.24, 2.45) is 0 Å². The highest BCUT2D eigenvalue weighted by Crippen LogP contribution is 2.42. The molecule has 28 heavy (non-hydrogen) atoms. The Balaban J connectivity index is 1.80. The number of methoxy groups -OCH3 is 3. The van der Waals surface area contributed by atoms with E-state index in [1.807, 2.05) is 22.7 Å². The van der Waals surface area contributed by atoms with Crippen molar-refractivity contribution in [3.8, 4) is 28.4 Å². The zero-order chi connectivity index (χ0) is 19.7. The first-order valence-electron chi connectivity index (χ1n) is 9.22. The average molecular weight is 384 g/mol. The fraction of sp³-hybridized carbons (Fsp3) is 0.400. The van der Waals surface area contributed by atoms with Crippen molar-refractivity contribution in [2.45, 2.75) is 18.9 Å². The van der Waals surface area contributed by atoms with Gasteiger partial charge in [-0.25, -0.2) is 4.98 Å². The lowest BCUT2D eigenvalue weighted by Gasteiger charge is -2.31. The molecule has 0 amide bonds. The number of benzene rings is 1. The lowest BCUT2D eigenvalue weighted by atomic mass is 10.1. The van der Waals surface area contributed by atoms with Crippen LogP contribution < -0.4 is 19.1 Å². The molecule has 1 aromatic carbocycles. The molecule has 0 atom stereocenters. The molecule has 1 saturated heterocycles. The third-order valence-corrected chi connectivity index (χ3v) is 5.15. The molecule has 0 spiro atoms. The van der Waals surface area contributed by atoms with Crippen LogP contribution in [-0.2, 0) is 0 Å². The predicted octanol–water partition coefficient (Wildman–Crippen LogP) is 2.38. The summed E-state index contributed by atoms with van der Waals surface area (Å²) >= 11 is 0. The Bertz CT molecular complexity index is 954. The van der Waals surface area contributed by atoms with Crippen LogP contribution in [0.25, 0.3) is 16.8 Å². The van der Waals surface area contributed by atoms with E-state index in [9.17, 15) is 5.11 Å². The van der Waals surface area contributed by atoms with E-state index in [1.165, 1.54) is 0 Å². The van der Waals surface area contributed by atoms with Gasteiger partial charge in [0.15, 0.2) is 17.1 Å². The van der Waals surface area contributed by atoms with Crippen LogP contribution in [0, 0.1) is 0 Å². The summed E-state index contributed by atoms with van der Waals surface area (Å²) in [7, 11) is 4.77. The molecule has 0 bridgehead atoms. The summed E-state index contributed by atoms with van der Waals surface area (Å²) in [6.07, 6.45) is 4.88. The normalized spacial score (nSPS) is 15.1. The van der Waals surface area contributed by atoms with Crippen molar-refractivity contribution in [1.29, 1.82) is 0 Å². The van der Waals surface area contributed by atoms with Gasteiger partial charge in [-0.2, -0.15) is 9.61 Å².